The Balaban J connectivity index is 2.24. The minimum absolute atomic E-state index is 0.110. The standard InChI is InChI=1S/C28H43N5O6/c1-8-16(3)22(31-26(36)23(17(4)9-2)32-27(37)39-28(5,6)7)25(35)30-21(24(34)33-38)14-18-15-29-20-13-11-10-12-19(18)20/h10-13,15-17,21-23,29,38H,8-9,14H2,1-7H3,(H,30,35)(H,31,36)(H,32,37)(H,33,34)/t16?,17?,21-,22-,23-/m0/s1. The van der Waals surface area contributed by atoms with E-state index >= 15 is 0 Å². The minimum atomic E-state index is -1.10. The lowest BCUT2D eigenvalue weighted by Gasteiger charge is -2.30. The lowest BCUT2D eigenvalue weighted by atomic mass is 9.94. The molecule has 5 atom stereocenters. The average Bonchev–Trinajstić information content (AvgIpc) is 3.30. The predicted octanol–water partition coefficient (Wildman–Crippen LogP) is 3.17. The Bertz CT molecular complexity index is 1140. The molecular weight excluding hydrogens is 502 g/mol. The van der Waals surface area contributed by atoms with E-state index < -0.39 is 47.5 Å². The number of rotatable bonds is 12. The van der Waals surface area contributed by atoms with Crippen LogP contribution in [0.15, 0.2) is 30.5 Å². The van der Waals surface area contributed by atoms with Crippen LogP contribution in [-0.4, -0.2) is 57.7 Å². The Kier molecular flexibility index (Phi) is 11.3. The second-order valence-electron chi connectivity index (χ2n) is 11.0. The van der Waals surface area contributed by atoms with E-state index in [9.17, 15) is 24.4 Å². The molecule has 6 N–H and O–H groups in total. The van der Waals surface area contributed by atoms with E-state index in [4.69, 9.17) is 4.74 Å². The topological polar surface area (TPSA) is 162 Å². The van der Waals surface area contributed by atoms with Crippen LogP contribution in [-0.2, 0) is 25.5 Å². The first-order chi connectivity index (χ1) is 18.3. The summed E-state index contributed by atoms with van der Waals surface area (Å²) in [6.07, 6.45) is 2.29. The van der Waals surface area contributed by atoms with Gasteiger partial charge in [-0.1, -0.05) is 58.7 Å². The van der Waals surface area contributed by atoms with Gasteiger partial charge in [0.25, 0.3) is 5.91 Å². The van der Waals surface area contributed by atoms with Crippen molar-refractivity contribution in [3.63, 3.8) is 0 Å². The third kappa shape index (κ3) is 8.98. The highest BCUT2D eigenvalue weighted by Gasteiger charge is 2.34. The van der Waals surface area contributed by atoms with E-state index in [0.717, 1.165) is 16.5 Å². The number of carbonyl (C=O) groups excluding carboxylic acids is 4. The third-order valence-corrected chi connectivity index (χ3v) is 6.80. The quantitative estimate of drug-likeness (QED) is 0.177. The fraction of sp³-hybridized carbons (Fsp3) is 0.571. The number of nitrogens with one attached hydrogen (secondary N) is 5. The van der Waals surface area contributed by atoms with Gasteiger partial charge in [0.05, 0.1) is 0 Å². The van der Waals surface area contributed by atoms with Crippen molar-refractivity contribution in [2.45, 2.75) is 91.5 Å². The molecule has 1 heterocycles. The maximum Gasteiger partial charge on any atom is 0.408 e. The SMILES string of the molecule is CCC(C)[C@H](NC(=O)OC(C)(C)C)C(=O)N[C@H](C(=O)N[C@@H](Cc1c[nH]c2ccccc12)C(=O)NO)C(C)CC. The molecule has 2 unspecified atom stereocenters. The fourth-order valence-corrected chi connectivity index (χ4v) is 4.15. The molecule has 0 saturated carbocycles. The summed E-state index contributed by atoms with van der Waals surface area (Å²) in [6.45, 7) is 12.6. The van der Waals surface area contributed by atoms with E-state index in [1.807, 2.05) is 52.0 Å². The van der Waals surface area contributed by atoms with Crippen molar-refractivity contribution in [2.75, 3.05) is 0 Å². The van der Waals surface area contributed by atoms with Crippen LogP contribution in [0.2, 0.25) is 0 Å². The maximum absolute atomic E-state index is 13.5. The van der Waals surface area contributed by atoms with Crippen molar-refractivity contribution in [1.29, 1.82) is 0 Å². The van der Waals surface area contributed by atoms with Crippen molar-refractivity contribution in [3.05, 3.63) is 36.0 Å². The first-order valence-corrected chi connectivity index (χ1v) is 13.4. The molecule has 0 aliphatic rings. The molecule has 1 aromatic carbocycles. The Morgan fingerprint density at radius 3 is 2.03 bits per heavy atom. The molecule has 0 saturated heterocycles. The van der Waals surface area contributed by atoms with Gasteiger partial charge in [0.1, 0.15) is 23.7 Å². The average molecular weight is 546 g/mol. The summed E-state index contributed by atoms with van der Waals surface area (Å²) in [4.78, 5) is 54.9. The Morgan fingerprint density at radius 1 is 0.897 bits per heavy atom. The van der Waals surface area contributed by atoms with Gasteiger partial charge in [0.15, 0.2) is 0 Å². The molecule has 4 amide bonds. The predicted molar refractivity (Wildman–Crippen MR) is 148 cm³/mol. The molecule has 11 heteroatoms. The number of aromatic amines is 1. The van der Waals surface area contributed by atoms with Crippen LogP contribution in [0, 0.1) is 11.8 Å². The second kappa shape index (κ2) is 14.0. The van der Waals surface area contributed by atoms with Gasteiger partial charge in [-0.3, -0.25) is 19.6 Å². The summed E-state index contributed by atoms with van der Waals surface area (Å²) in [5, 5.41) is 18.3. The van der Waals surface area contributed by atoms with Crippen LogP contribution in [0.3, 0.4) is 0 Å². The number of ether oxygens (including phenoxy) is 1. The van der Waals surface area contributed by atoms with Crippen molar-refractivity contribution in [2.24, 2.45) is 11.8 Å². The van der Waals surface area contributed by atoms with E-state index in [0.29, 0.717) is 12.8 Å². The summed E-state index contributed by atoms with van der Waals surface area (Å²) in [5.41, 5.74) is 2.53. The van der Waals surface area contributed by atoms with Crippen molar-refractivity contribution < 1.29 is 29.1 Å². The molecule has 39 heavy (non-hydrogen) atoms. The molecular formula is C28H43N5O6. The molecule has 216 valence electrons. The summed E-state index contributed by atoms with van der Waals surface area (Å²) >= 11 is 0. The molecule has 0 aliphatic heterocycles. The number of hydrogen-bond donors (Lipinski definition) is 6. The number of benzene rings is 1. The van der Waals surface area contributed by atoms with Crippen LogP contribution in [0.1, 0.15) is 66.9 Å². The van der Waals surface area contributed by atoms with Gasteiger partial charge in [-0.2, -0.15) is 0 Å². The Hall–Kier alpha value is -3.60. The van der Waals surface area contributed by atoms with Gasteiger partial charge in [-0.05, 0) is 44.2 Å². The lowest BCUT2D eigenvalue weighted by molar-refractivity contribution is -0.136. The number of hydroxylamine groups is 1. The third-order valence-electron chi connectivity index (χ3n) is 6.80. The maximum atomic E-state index is 13.5. The summed E-state index contributed by atoms with van der Waals surface area (Å²) in [5.74, 6) is -2.43. The van der Waals surface area contributed by atoms with Crippen molar-refractivity contribution in [1.82, 2.24) is 26.4 Å². The highest BCUT2D eigenvalue weighted by atomic mass is 16.6. The Labute approximate surface area is 229 Å². The molecule has 1 aromatic heterocycles. The number of alkyl carbamates (subject to hydrolysis) is 1. The van der Waals surface area contributed by atoms with Crippen LogP contribution >= 0.6 is 0 Å². The van der Waals surface area contributed by atoms with Crippen LogP contribution < -0.4 is 21.4 Å². The van der Waals surface area contributed by atoms with E-state index in [1.54, 1.807) is 32.4 Å². The van der Waals surface area contributed by atoms with Crippen molar-refractivity contribution in [3.8, 4) is 0 Å². The molecule has 0 bridgehead atoms. The highest BCUT2D eigenvalue weighted by molar-refractivity contribution is 5.94. The van der Waals surface area contributed by atoms with Crippen molar-refractivity contribution >= 4 is 34.7 Å². The fourth-order valence-electron chi connectivity index (χ4n) is 4.15. The van der Waals surface area contributed by atoms with Gasteiger partial charge in [-0.15, -0.1) is 0 Å². The van der Waals surface area contributed by atoms with Gasteiger partial charge in [-0.25, -0.2) is 10.3 Å². The molecule has 0 radical (unpaired) electrons. The molecule has 11 nitrogen and oxygen atoms in total. The van der Waals surface area contributed by atoms with Gasteiger partial charge in [0.2, 0.25) is 11.8 Å². The monoisotopic (exact) mass is 545 g/mol. The molecule has 2 aromatic rings. The van der Waals surface area contributed by atoms with E-state index in [2.05, 4.69) is 20.9 Å². The van der Waals surface area contributed by atoms with Crippen LogP contribution in [0.25, 0.3) is 10.9 Å². The number of H-pyrrole nitrogens is 1. The summed E-state index contributed by atoms with van der Waals surface area (Å²) in [6, 6.07) is 4.50. The number of amides is 4. The zero-order valence-corrected chi connectivity index (χ0v) is 23.9. The van der Waals surface area contributed by atoms with Crippen LogP contribution in [0.5, 0.6) is 0 Å². The molecule has 0 fully saturated rings. The normalized spacial score (nSPS) is 15.4. The number of carbonyl (C=O) groups is 4. The van der Waals surface area contributed by atoms with Gasteiger partial charge >= 0.3 is 6.09 Å². The molecule has 0 spiro atoms. The molecule has 2 rings (SSSR count). The van der Waals surface area contributed by atoms with E-state index in [1.165, 1.54) is 0 Å². The number of para-hydroxylation sites is 1. The summed E-state index contributed by atoms with van der Waals surface area (Å²) in [7, 11) is 0. The Morgan fingerprint density at radius 2 is 1.46 bits per heavy atom. The number of fused-ring (bicyclic) bond motifs is 1. The van der Waals surface area contributed by atoms with Gasteiger partial charge in [0, 0.05) is 23.5 Å². The number of hydrogen-bond acceptors (Lipinski definition) is 6. The lowest BCUT2D eigenvalue weighted by Crippen LogP contribution is -2.59. The van der Waals surface area contributed by atoms with Crippen LogP contribution in [0.4, 0.5) is 4.79 Å². The first-order valence-electron chi connectivity index (χ1n) is 13.4. The minimum Gasteiger partial charge on any atom is -0.444 e. The summed E-state index contributed by atoms with van der Waals surface area (Å²) < 4.78 is 5.33. The largest absolute Gasteiger partial charge is 0.444 e. The number of aromatic nitrogens is 1. The first kappa shape index (κ1) is 31.6. The zero-order chi connectivity index (χ0) is 29.3. The highest BCUT2D eigenvalue weighted by Crippen LogP contribution is 2.20. The zero-order valence-electron chi connectivity index (χ0n) is 23.9. The second-order valence-corrected chi connectivity index (χ2v) is 11.0. The molecule has 0 aliphatic carbocycles. The van der Waals surface area contributed by atoms with E-state index in [-0.39, 0.29) is 18.3 Å². The smallest absolute Gasteiger partial charge is 0.408 e. The van der Waals surface area contributed by atoms with Gasteiger partial charge < -0.3 is 25.7 Å².